The lowest BCUT2D eigenvalue weighted by atomic mass is 10.2. The first kappa shape index (κ1) is 14.2. The number of rotatable bonds is 5. The smallest absolute Gasteiger partial charge is 0.130 e. The Morgan fingerprint density at radius 3 is 2.79 bits per heavy atom. The van der Waals surface area contributed by atoms with E-state index in [4.69, 9.17) is 27.9 Å². The van der Waals surface area contributed by atoms with E-state index in [9.17, 15) is 0 Å². The Kier molecular flexibility index (Phi) is 4.72. The van der Waals surface area contributed by atoms with Gasteiger partial charge in [-0.3, -0.25) is 4.68 Å². The molecule has 0 saturated heterocycles. The molecule has 1 aromatic heterocycles. The molecule has 0 aliphatic carbocycles. The van der Waals surface area contributed by atoms with E-state index < -0.39 is 0 Å². The van der Waals surface area contributed by atoms with Crippen LogP contribution in [0, 0.1) is 6.92 Å². The molecule has 2 aromatic rings. The lowest BCUT2D eigenvalue weighted by Crippen LogP contribution is -2.06. The fourth-order valence-electron chi connectivity index (χ4n) is 1.93. The number of aryl methyl sites for hydroxylation is 2. The Morgan fingerprint density at radius 2 is 2.11 bits per heavy atom. The van der Waals surface area contributed by atoms with Gasteiger partial charge >= 0.3 is 0 Å². The summed E-state index contributed by atoms with van der Waals surface area (Å²) in [6.07, 6.45) is 0. The molecule has 2 rings (SSSR count). The molecule has 3 nitrogen and oxygen atoms in total. The first-order valence-corrected chi connectivity index (χ1v) is 7.05. The Bertz CT molecular complexity index is 567. The van der Waals surface area contributed by atoms with Crippen molar-refractivity contribution in [2.75, 3.05) is 0 Å². The summed E-state index contributed by atoms with van der Waals surface area (Å²) in [6, 6.07) is 7.50. The van der Waals surface area contributed by atoms with Gasteiger partial charge in [0, 0.05) is 17.1 Å². The zero-order valence-electron chi connectivity index (χ0n) is 11.0. The largest absolute Gasteiger partial charge is 0.487 e. The van der Waals surface area contributed by atoms with Gasteiger partial charge in [0.1, 0.15) is 12.4 Å². The van der Waals surface area contributed by atoms with Crippen LogP contribution in [0.3, 0.4) is 0 Å². The Labute approximate surface area is 123 Å². The summed E-state index contributed by atoms with van der Waals surface area (Å²) in [4.78, 5) is 0. The van der Waals surface area contributed by atoms with E-state index in [-0.39, 0.29) is 0 Å². The number of benzene rings is 1. The van der Waals surface area contributed by atoms with Crippen molar-refractivity contribution in [1.82, 2.24) is 9.78 Å². The van der Waals surface area contributed by atoms with E-state index >= 15 is 0 Å². The van der Waals surface area contributed by atoms with E-state index in [1.54, 1.807) is 6.07 Å². The number of ether oxygens (including phenoxy) is 1. The first-order chi connectivity index (χ1) is 9.13. The van der Waals surface area contributed by atoms with Crippen molar-refractivity contribution >= 4 is 23.2 Å². The molecule has 0 unspecified atom stereocenters. The van der Waals surface area contributed by atoms with E-state index in [1.165, 1.54) is 0 Å². The van der Waals surface area contributed by atoms with Crippen molar-refractivity contribution in [3.63, 3.8) is 0 Å². The number of halogens is 2. The summed E-state index contributed by atoms with van der Waals surface area (Å²) in [5.74, 6) is 1.14. The molecule has 0 fully saturated rings. The third-order valence-electron chi connectivity index (χ3n) is 2.83. The minimum Gasteiger partial charge on any atom is -0.487 e. The van der Waals surface area contributed by atoms with Gasteiger partial charge in [0.2, 0.25) is 0 Å². The zero-order chi connectivity index (χ0) is 13.8. The van der Waals surface area contributed by atoms with Crippen LogP contribution in [-0.2, 0) is 19.0 Å². The lowest BCUT2D eigenvalue weighted by Gasteiger charge is -2.11. The molecule has 5 heteroatoms. The van der Waals surface area contributed by atoms with E-state index in [1.807, 2.05) is 29.8 Å². The molecule has 102 valence electrons. The molecule has 0 N–H and O–H groups in total. The molecule has 0 atom stereocenters. The SMILES string of the molecule is CCn1nc(C)cc1COc1ccc(Cl)cc1CCl. The highest BCUT2D eigenvalue weighted by molar-refractivity contribution is 6.30. The summed E-state index contributed by atoms with van der Waals surface area (Å²) < 4.78 is 7.76. The first-order valence-electron chi connectivity index (χ1n) is 6.14. The molecule has 1 heterocycles. The van der Waals surface area contributed by atoms with Crippen LogP contribution in [0.4, 0.5) is 0 Å². The molecule has 0 saturated carbocycles. The summed E-state index contributed by atoms with van der Waals surface area (Å²) in [7, 11) is 0. The number of hydrogen-bond acceptors (Lipinski definition) is 2. The highest BCUT2D eigenvalue weighted by Gasteiger charge is 2.08. The molecule has 0 aliphatic heterocycles. The van der Waals surface area contributed by atoms with Gasteiger partial charge in [-0.05, 0) is 38.1 Å². The minimum atomic E-state index is 0.377. The third-order valence-corrected chi connectivity index (χ3v) is 3.35. The quantitative estimate of drug-likeness (QED) is 0.774. The average Bonchev–Trinajstić information content (AvgIpc) is 2.77. The summed E-state index contributed by atoms with van der Waals surface area (Å²) in [5, 5.41) is 5.05. The molecule has 0 aliphatic rings. The van der Waals surface area contributed by atoms with Crippen LogP contribution in [0.5, 0.6) is 5.75 Å². The number of nitrogens with zero attached hydrogens (tertiary/aromatic N) is 2. The van der Waals surface area contributed by atoms with Crippen molar-refractivity contribution in [2.24, 2.45) is 0 Å². The van der Waals surface area contributed by atoms with E-state index in [0.29, 0.717) is 17.5 Å². The van der Waals surface area contributed by atoms with Crippen LogP contribution >= 0.6 is 23.2 Å². The maximum absolute atomic E-state index is 5.94. The average molecular weight is 299 g/mol. The summed E-state index contributed by atoms with van der Waals surface area (Å²) >= 11 is 11.8. The van der Waals surface area contributed by atoms with Crippen LogP contribution in [0.1, 0.15) is 23.9 Å². The number of hydrogen-bond donors (Lipinski definition) is 0. The Morgan fingerprint density at radius 1 is 1.32 bits per heavy atom. The van der Waals surface area contributed by atoms with Crippen LogP contribution in [0.25, 0.3) is 0 Å². The molecular formula is C14H16Cl2N2O. The van der Waals surface area contributed by atoms with Gasteiger partial charge in [-0.1, -0.05) is 11.6 Å². The van der Waals surface area contributed by atoms with Crippen molar-refractivity contribution in [1.29, 1.82) is 0 Å². The van der Waals surface area contributed by atoms with Gasteiger partial charge in [0.05, 0.1) is 17.3 Å². The fraction of sp³-hybridized carbons (Fsp3) is 0.357. The van der Waals surface area contributed by atoms with Gasteiger partial charge in [0.25, 0.3) is 0 Å². The normalized spacial score (nSPS) is 10.7. The lowest BCUT2D eigenvalue weighted by molar-refractivity contribution is 0.290. The monoisotopic (exact) mass is 298 g/mol. The second-order valence-electron chi connectivity index (χ2n) is 4.27. The van der Waals surface area contributed by atoms with Crippen molar-refractivity contribution in [3.8, 4) is 5.75 Å². The second kappa shape index (κ2) is 6.31. The fourth-order valence-corrected chi connectivity index (χ4v) is 2.34. The minimum absolute atomic E-state index is 0.377. The van der Waals surface area contributed by atoms with Gasteiger partial charge in [-0.2, -0.15) is 5.10 Å². The zero-order valence-corrected chi connectivity index (χ0v) is 12.5. The maximum Gasteiger partial charge on any atom is 0.130 e. The summed E-state index contributed by atoms with van der Waals surface area (Å²) in [6.45, 7) is 5.33. The van der Waals surface area contributed by atoms with Gasteiger partial charge in [-0.15, -0.1) is 11.6 Å². The Hall–Kier alpha value is -1.19. The predicted molar refractivity (Wildman–Crippen MR) is 78.0 cm³/mol. The molecule has 0 spiro atoms. The maximum atomic E-state index is 5.94. The molecule has 19 heavy (non-hydrogen) atoms. The van der Waals surface area contributed by atoms with Gasteiger partial charge < -0.3 is 4.74 Å². The van der Waals surface area contributed by atoms with Crippen molar-refractivity contribution < 1.29 is 4.74 Å². The van der Waals surface area contributed by atoms with Gasteiger partial charge in [0.15, 0.2) is 0 Å². The standard InChI is InChI=1S/C14H16Cl2N2O/c1-3-18-13(6-10(2)17-18)9-19-14-5-4-12(16)7-11(14)8-15/h4-7H,3,8-9H2,1-2H3. The molecule has 0 bridgehead atoms. The number of alkyl halides is 1. The van der Waals surface area contributed by atoms with Crippen LogP contribution in [-0.4, -0.2) is 9.78 Å². The van der Waals surface area contributed by atoms with Crippen LogP contribution in [0.2, 0.25) is 5.02 Å². The molecule has 0 amide bonds. The highest BCUT2D eigenvalue weighted by Crippen LogP contribution is 2.25. The second-order valence-corrected chi connectivity index (χ2v) is 4.97. The van der Waals surface area contributed by atoms with E-state index in [2.05, 4.69) is 12.0 Å². The van der Waals surface area contributed by atoms with Crippen LogP contribution < -0.4 is 4.74 Å². The highest BCUT2D eigenvalue weighted by atomic mass is 35.5. The number of aromatic nitrogens is 2. The predicted octanol–water partition coefficient (Wildman–Crippen LogP) is 4.18. The summed E-state index contributed by atoms with van der Waals surface area (Å²) in [5.41, 5.74) is 2.94. The molecular weight excluding hydrogens is 283 g/mol. The molecule has 0 radical (unpaired) electrons. The Balaban J connectivity index is 2.14. The topological polar surface area (TPSA) is 27.1 Å². The molecule has 1 aromatic carbocycles. The van der Waals surface area contributed by atoms with Crippen molar-refractivity contribution in [2.45, 2.75) is 32.9 Å². The van der Waals surface area contributed by atoms with Gasteiger partial charge in [-0.25, -0.2) is 0 Å². The van der Waals surface area contributed by atoms with E-state index in [0.717, 1.165) is 29.2 Å². The third kappa shape index (κ3) is 3.43. The van der Waals surface area contributed by atoms with Crippen molar-refractivity contribution in [3.05, 3.63) is 46.2 Å². The van der Waals surface area contributed by atoms with Crippen LogP contribution in [0.15, 0.2) is 24.3 Å².